The maximum atomic E-state index is 11.4. The Hall–Kier alpha value is -1.31. The van der Waals surface area contributed by atoms with Crippen LogP contribution in [0.4, 0.5) is 0 Å². The number of carbonyl (C=O) groups is 1. The molecule has 0 bridgehead atoms. The van der Waals surface area contributed by atoms with Crippen molar-refractivity contribution in [2.45, 2.75) is 44.9 Å². The molecule has 2 nitrogen and oxygen atoms in total. The Morgan fingerprint density at radius 1 is 1.18 bits per heavy atom. The van der Waals surface area contributed by atoms with Gasteiger partial charge in [-0.2, -0.15) is 0 Å². The molecule has 17 heavy (non-hydrogen) atoms. The number of hydrogen-bond acceptors (Lipinski definition) is 1. The molecule has 0 radical (unpaired) electrons. The van der Waals surface area contributed by atoms with Gasteiger partial charge in [0.25, 0.3) is 0 Å². The summed E-state index contributed by atoms with van der Waals surface area (Å²) in [6.07, 6.45) is 1.69. The Morgan fingerprint density at radius 3 is 2.35 bits per heavy atom. The summed E-state index contributed by atoms with van der Waals surface area (Å²) in [6, 6.07) is 8.76. The number of nitrogens with one attached hydrogen (secondary N) is 1. The second kappa shape index (κ2) is 4.52. The first-order chi connectivity index (χ1) is 7.97. The lowest BCUT2D eigenvalue weighted by Gasteiger charge is -2.24. The predicted octanol–water partition coefficient (Wildman–Crippen LogP) is 2.98. The molecule has 1 aliphatic heterocycles. The van der Waals surface area contributed by atoms with Crippen LogP contribution in [0.25, 0.3) is 0 Å². The third-order valence-corrected chi connectivity index (χ3v) is 3.49. The molecule has 1 heterocycles. The topological polar surface area (TPSA) is 29.1 Å². The van der Waals surface area contributed by atoms with Crippen molar-refractivity contribution in [2.24, 2.45) is 0 Å². The largest absolute Gasteiger partial charge is 0.356 e. The number of carbonyl (C=O) groups excluding carboxylic acids is 1. The molecule has 1 atom stereocenters. The van der Waals surface area contributed by atoms with Crippen molar-refractivity contribution < 1.29 is 4.79 Å². The average Bonchev–Trinajstić information content (AvgIpc) is 2.28. The van der Waals surface area contributed by atoms with Gasteiger partial charge in [0, 0.05) is 13.0 Å². The molecule has 1 saturated heterocycles. The molecule has 92 valence electrons. The number of rotatable bonds is 1. The van der Waals surface area contributed by atoms with Crippen LogP contribution in [0, 0.1) is 0 Å². The van der Waals surface area contributed by atoms with E-state index >= 15 is 0 Å². The van der Waals surface area contributed by atoms with Gasteiger partial charge in [-0.1, -0.05) is 45.0 Å². The molecule has 0 unspecified atom stereocenters. The van der Waals surface area contributed by atoms with Crippen molar-refractivity contribution in [1.29, 1.82) is 0 Å². The number of hydrogen-bond donors (Lipinski definition) is 1. The van der Waals surface area contributed by atoms with Crippen LogP contribution in [0.1, 0.15) is 50.7 Å². The normalized spacial score (nSPS) is 21.1. The van der Waals surface area contributed by atoms with Crippen molar-refractivity contribution in [3.05, 3.63) is 35.4 Å². The fourth-order valence-electron chi connectivity index (χ4n) is 2.32. The van der Waals surface area contributed by atoms with Crippen molar-refractivity contribution in [3.63, 3.8) is 0 Å². The second-order valence-electron chi connectivity index (χ2n) is 5.91. The minimum absolute atomic E-state index is 0.182. The van der Waals surface area contributed by atoms with E-state index in [9.17, 15) is 4.79 Å². The van der Waals surface area contributed by atoms with Gasteiger partial charge in [-0.3, -0.25) is 4.79 Å². The molecule has 0 aromatic heterocycles. The quantitative estimate of drug-likeness (QED) is 0.791. The zero-order valence-electron chi connectivity index (χ0n) is 10.9. The molecule has 1 aliphatic rings. The highest BCUT2D eigenvalue weighted by atomic mass is 16.1. The van der Waals surface area contributed by atoms with Gasteiger partial charge in [0.15, 0.2) is 0 Å². The molecule has 1 fully saturated rings. The smallest absolute Gasteiger partial charge is 0.220 e. The minimum Gasteiger partial charge on any atom is -0.356 e. The van der Waals surface area contributed by atoms with Gasteiger partial charge >= 0.3 is 0 Å². The van der Waals surface area contributed by atoms with E-state index in [1.807, 2.05) is 0 Å². The van der Waals surface area contributed by atoms with E-state index in [1.54, 1.807) is 0 Å². The number of piperidine rings is 1. The first kappa shape index (κ1) is 12.2. The summed E-state index contributed by atoms with van der Waals surface area (Å²) in [5, 5.41) is 2.88. The third-order valence-electron chi connectivity index (χ3n) is 3.49. The van der Waals surface area contributed by atoms with E-state index in [2.05, 4.69) is 50.4 Å². The zero-order chi connectivity index (χ0) is 12.5. The molecular formula is C15H21NO. The van der Waals surface area contributed by atoms with Gasteiger partial charge in [-0.15, -0.1) is 0 Å². The van der Waals surface area contributed by atoms with Crippen LogP contribution in [-0.2, 0) is 10.2 Å². The highest BCUT2D eigenvalue weighted by Gasteiger charge is 2.21. The summed E-state index contributed by atoms with van der Waals surface area (Å²) in [7, 11) is 0. The van der Waals surface area contributed by atoms with E-state index in [0.29, 0.717) is 12.3 Å². The fourth-order valence-corrected chi connectivity index (χ4v) is 2.32. The van der Waals surface area contributed by atoms with Crippen LogP contribution in [-0.4, -0.2) is 12.5 Å². The van der Waals surface area contributed by atoms with E-state index < -0.39 is 0 Å². The van der Waals surface area contributed by atoms with Crippen molar-refractivity contribution >= 4 is 5.91 Å². The van der Waals surface area contributed by atoms with E-state index in [0.717, 1.165) is 13.0 Å². The monoisotopic (exact) mass is 231 g/mol. The SMILES string of the molecule is CC(C)(C)c1ccc([C@@H]2CCNC(=O)C2)cc1. The summed E-state index contributed by atoms with van der Waals surface area (Å²) in [4.78, 5) is 11.4. The number of amides is 1. The van der Waals surface area contributed by atoms with Crippen LogP contribution in [0.2, 0.25) is 0 Å². The van der Waals surface area contributed by atoms with Gasteiger partial charge in [0.1, 0.15) is 0 Å². The molecule has 1 aromatic rings. The molecule has 0 aliphatic carbocycles. The van der Waals surface area contributed by atoms with Crippen molar-refractivity contribution in [2.75, 3.05) is 6.54 Å². The molecular weight excluding hydrogens is 210 g/mol. The van der Waals surface area contributed by atoms with Crippen LogP contribution in [0.5, 0.6) is 0 Å². The average molecular weight is 231 g/mol. The molecule has 2 rings (SSSR count). The Balaban J connectivity index is 2.15. The summed E-state index contributed by atoms with van der Waals surface area (Å²) in [5.74, 6) is 0.582. The summed E-state index contributed by atoms with van der Waals surface area (Å²) < 4.78 is 0. The third kappa shape index (κ3) is 2.87. The first-order valence-electron chi connectivity index (χ1n) is 6.34. The lowest BCUT2D eigenvalue weighted by Crippen LogP contribution is -2.32. The number of benzene rings is 1. The highest BCUT2D eigenvalue weighted by Crippen LogP contribution is 2.28. The van der Waals surface area contributed by atoms with Crippen molar-refractivity contribution in [3.8, 4) is 0 Å². The van der Waals surface area contributed by atoms with Gasteiger partial charge in [0.2, 0.25) is 5.91 Å². The Labute approximate surface area is 103 Å². The lowest BCUT2D eigenvalue weighted by molar-refractivity contribution is -0.122. The molecule has 0 saturated carbocycles. The Bertz CT molecular complexity index is 400. The molecule has 1 amide bonds. The van der Waals surface area contributed by atoms with E-state index in [1.165, 1.54) is 11.1 Å². The van der Waals surface area contributed by atoms with Gasteiger partial charge in [0.05, 0.1) is 0 Å². The van der Waals surface area contributed by atoms with Crippen LogP contribution < -0.4 is 5.32 Å². The fraction of sp³-hybridized carbons (Fsp3) is 0.533. The lowest BCUT2D eigenvalue weighted by atomic mass is 9.84. The molecule has 0 spiro atoms. The van der Waals surface area contributed by atoms with E-state index in [4.69, 9.17) is 0 Å². The second-order valence-corrected chi connectivity index (χ2v) is 5.91. The summed E-state index contributed by atoms with van der Waals surface area (Å²) in [6.45, 7) is 7.46. The van der Waals surface area contributed by atoms with Crippen LogP contribution in [0.3, 0.4) is 0 Å². The molecule has 1 N–H and O–H groups in total. The summed E-state index contributed by atoms with van der Waals surface area (Å²) >= 11 is 0. The van der Waals surface area contributed by atoms with Crippen LogP contribution >= 0.6 is 0 Å². The predicted molar refractivity (Wildman–Crippen MR) is 70.1 cm³/mol. The minimum atomic E-state index is 0.182. The van der Waals surface area contributed by atoms with Gasteiger partial charge in [-0.25, -0.2) is 0 Å². The highest BCUT2D eigenvalue weighted by molar-refractivity contribution is 5.77. The molecule has 1 aromatic carbocycles. The van der Waals surface area contributed by atoms with Crippen molar-refractivity contribution in [1.82, 2.24) is 5.32 Å². The first-order valence-corrected chi connectivity index (χ1v) is 6.34. The van der Waals surface area contributed by atoms with E-state index in [-0.39, 0.29) is 11.3 Å². The Morgan fingerprint density at radius 2 is 1.82 bits per heavy atom. The van der Waals surface area contributed by atoms with Gasteiger partial charge < -0.3 is 5.32 Å². The molecule has 2 heteroatoms. The Kier molecular flexibility index (Phi) is 3.23. The maximum Gasteiger partial charge on any atom is 0.220 e. The van der Waals surface area contributed by atoms with Gasteiger partial charge in [-0.05, 0) is 28.9 Å². The zero-order valence-corrected chi connectivity index (χ0v) is 10.9. The maximum absolute atomic E-state index is 11.4. The standard InChI is InChI=1S/C15H21NO/c1-15(2,3)13-6-4-11(5-7-13)12-8-9-16-14(17)10-12/h4-7,12H,8-10H2,1-3H3,(H,16,17)/t12-/m1/s1. The summed E-state index contributed by atoms with van der Waals surface area (Å²) in [5.41, 5.74) is 2.84. The van der Waals surface area contributed by atoms with Crippen LogP contribution in [0.15, 0.2) is 24.3 Å².